The molecule has 2 amide bonds. The van der Waals surface area contributed by atoms with Gasteiger partial charge in [-0.1, -0.05) is 13.8 Å². The summed E-state index contributed by atoms with van der Waals surface area (Å²) in [5, 5.41) is 9.82. The van der Waals surface area contributed by atoms with Gasteiger partial charge < -0.3 is 10.6 Å². The highest BCUT2D eigenvalue weighted by Gasteiger charge is 2.31. The van der Waals surface area contributed by atoms with Gasteiger partial charge in [0, 0.05) is 18.2 Å². The second kappa shape index (κ2) is 7.04. The fourth-order valence-corrected chi connectivity index (χ4v) is 3.22. The van der Waals surface area contributed by atoms with Crippen molar-refractivity contribution in [3.8, 4) is 0 Å². The molecule has 0 aliphatic carbocycles. The van der Waals surface area contributed by atoms with E-state index in [0.717, 1.165) is 12.8 Å². The molecule has 0 radical (unpaired) electrons. The minimum absolute atomic E-state index is 0.0125. The number of carbonyl (C=O) groups is 2. The van der Waals surface area contributed by atoms with Gasteiger partial charge in [0.2, 0.25) is 11.8 Å². The highest BCUT2D eigenvalue weighted by molar-refractivity contribution is 6.04. The Balaban J connectivity index is 1.87. The van der Waals surface area contributed by atoms with Gasteiger partial charge >= 0.3 is 0 Å². The Kier molecular flexibility index (Phi) is 4.83. The number of benzene rings is 1. The molecule has 2 aromatic rings. The molecule has 0 saturated heterocycles. The quantitative estimate of drug-likeness (QED) is 0.872. The van der Waals surface area contributed by atoms with Gasteiger partial charge in [-0.15, -0.1) is 0 Å². The van der Waals surface area contributed by atoms with Gasteiger partial charge in [-0.25, -0.2) is 9.07 Å². The van der Waals surface area contributed by atoms with Crippen LogP contribution in [-0.2, 0) is 9.59 Å². The first-order valence-electron chi connectivity index (χ1n) is 8.47. The van der Waals surface area contributed by atoms with Crippen LogP contribution in [0.25, 0.3) is 0 Å². The van der Waals surface area contributed by atoms with Crippen molar-refractivity contribution in [2.45, 2.75) is 45.1 Å². The highest BCUT2D eigenvalue weighted by Crippen LogP contribution is 2.34. The van der Waals surface area contributed by atoms with Crippen molar-refractivity contribution < 1.29 is 14.0 Å². The molecular weight excluding hydrogens is 323 g/mol. The van der Waals surface area contributed by atoms with Crippen LogP contribution in [0.15, 0.2) is 30.5 Å². The Morgan fingerprint density at radius 3 is 2.88 bits per heavy atom. The first-order valence-corrected chi connectivity index (χ1v) is 8.47. The Hall–Kier alpha value is -2.70. The fourth-order valence-electron chi connectivity index (χ4n) is 3.22. The molecule has 6 nitrogen and oxygen atoms in total. The third-order valence-corrected chi connectivity index (χ3v) is 4.58. The number of carbonyl (C=O) groups excluding carboxylic acids is 2. The molecule has 0 fully saturated rings. The molecule has 1 unspecified atom stereocenters. The molecule has 132 valence electrons. The molecule has 2 N–H and O–H groups in total. The Morgan fingerprint density at radius 2 is 2.16 bits per heavy atom. The van der Waals surface area contributed by atoms with E-state index in [1.807, 2.05) is 0 Å². The summed E-state index contributed by atoms with van der Waals surface area (Å²) in [7, 11) is 0. The van der Waals surface area contributed by atoms with Crippen LogP contribution in [0.2, 0.25) is 0 Å². The van der Waals surface area contributed by atoms with Crippen LogP contribution < -0.4 is 10.6 Å². The minimum Gasteiger partial charge on any atom is -0.326 e. The third-order valence-electron chi connectivity index (χ3n) is 4.58. The number of halogens is 1. The van der Waals surface area contributed by atoms with E-state index >= 15 is 0 Å². The average molecular weight is 344 g/mol. The molecule has 1 aliphatic rings. The number of nitrogens with one attached hydrogen (secondary N) is 2. The Morgan fingerprint density at radius 1 is 1.40 bits per heavy atom. The van der Waals surface area contributed by atoms with Crippen molar-refractivity contribution in [1.82, 2.24) is 9.78 Å². The number of fused-ring (bicyclic) bond motifs is 1. The lowest BCUT2D eigenvalue weighted by atomic mass is 9.89. The van der Waals surface area contributed by atoms with E-state index in [2.05, 4.69) is 29.6 Å². The van der Waals surface area contributed by atoms with Gasteiger partial charge in [0.05, 0.1) is 18.2 Å². The van der Waals surface area contributed by atoms with Crippen molar-refractivity contribution in [2.24, 2.45) is 0 Å². The zero-order valence-corrected chi connectivity index (χ0v) is 14.3. The normalized spacial score (nSPS) is 16.5. The van der Waals surface area contributed by atoms with Gasteiger partial charge in [-0.2, -0.15) is 5.10 Å². The van der Waals surface area contributed by atoms with Crippen LogP contribution in [0.1, 0.15) is 50.6 Å². The molecule has 0 saturated carbocycles. The van der Waals surface area contributed by atoms with E-state index in [9.17, 15) is 14.0 Å². The molecule has 1 aromatic carbocycles. The van der Waals surface area contributed by atoms with E-state index in [1.54, 1.807) is 16.9 Å². The average Bonchev–Trinajstić information content (AvgIpc) is 3.03. The van der Waals surface area contributed by atoms with Crippen LogP contribution in [0.3, 0.4) is 0 Å². The van der Waals surface area contributed by atoms with E-state index in [4.69, 9.17) is 0 Å². The fraction of sp³-hybridized carbons (Fsp3) is 0.389. The minimum atomic E-state index is -0.732. The summed E-state index contributed by atoms with van der Waals surface area (Å²) < 4.78 is 15.4. The van der Waals surface area contributed by atoms with E-state index in [-0.39, 0.29) is 24.3 Å². The molecule has 25 heavy (non-hydrogen) atoms. The van der Waals surface area contributed by atoms with Gasteiger partial charge in [0.25, 0.3) is 0 Å². The molecule has 1 aromatic heterocycles. The van der Waals surface area contributed by atoms with Crippen molar-refractivity contribution in [2.75, 3.05) is 10.6 Å². The molecule has 1 atom stereocenters. The number of aromatic nitrogens is 2. The van der Waals surface area contributed by atoms with Gasteiger partial charge in [0.15, 0.2) is 0 Å². The van der Waals surface area contributed by atoms with Crippen LogP contribution in [0.5, 0.6) is 0 Å². The topological polar surface area (TPSA) is 76.0 Å². The van der Waals surface area contributed by atoms with Crippen LogP contribution in [-0.4, -0.2) is 21.6 Å². The standard InChI is InChI=1S/C18H21FN4O2/c1-3-12(4-2)23-16(7-8-20-23)22-18(25)14-10-17(24)21-15-6-5-11(19)9-13(14)15/h5-9,12,14H,3-4,10H2,1-2H3,(H,21,24)(H,22,25). The number of anilines is 2. The molecule has 1 aliphatic heterocycles. The third kappa shape index (κ3) is 3.40. The molecule has 2 heterocycles. The smallest absolute Gasteiger partial charge is 0.233 e. The van der Waals surface area contributed by atoms with Crippen molar-refractivity contribution in [3.05, 3.63) is 41.8 Å². The van der Waals surface area contributed by atoms with Gasteiger partial charge in [0.1, 0.15) is 11.6 Å². The van der Waals surface area contributed by atoms with E-state index in [0.29, 0.717) is 17.1 Å². The second-order valence-electron chi connectivity index (χ2n) is 6.16. The molecule has 3 rings (SSSR count). The largest absolute Gasteiger partial charge is 0.326 e. The van der Waals surface area contributed by atoms with Crippen molar-refractivity contribution in [3.63, 3.8) is 0 Å². The van der Waals surface area contributed by atoms with Gasteiger partial charge in [-0.3, -0.25) is 9.59 Å². The number of hydrogen-bond acceptors (Lipinski definition) is 3. The number of rotatable bonds is 5. The highest BCUT2D eigenvalue weighted by atomic mass is 19.1. The summed E-state index contributed by atoms with van der Waals surface area (Å²) in [6.07, 6.45) is 3.40. The Bertz CT molecular complexity index is 798. The van der Waals surface area contributed by atoms with Crippen LogP contribution >= 0.6 is 0 Å². The monoisotopic (exact) mass is 344 g/mol. The maximum absolute atomic E-state index is 13.6. The summed E-state index contributed by atoms with van der Waals surface area (Å²) in [6, 6.07) is 5.96. The maximum atomic E-state index is 13.6. The van der Waals surface area contributed by atoms with E-state index in [1.165, 1.54) is 18.2 Å². The predicted octanol–water partition coefficient (Wildman–Crippen LogP) is 3.45. The molecule has 0 spiro atoms. The zero-order chi connectivity index (χ0) is 18.0. The molecule has 7 heteroatoms. The van der Waals surface area contributed by atoms with Gasteiger partial charge in [-0.05, 0) is 36.6 Å². The summed E-state index contributed by atoms with van der Waals surface area (Å²) in [5.74, 6) is -1.18. The van der Waals surface area contributed by atoms with Crippen LogP contribution in [0, 0.1) is 5.82 Å². The first-order chi connectivity index (χ1) is 12.0. The maximum Gasteiger partial charge on any atom is 0.233 e. The lowest BCUT2D eigenvalue weighted by molar-refractivity contribution is -0.123. The predicted molar refractivity (Wildman–Crippen MR) is 92.9 cm³/mol. The van der Waals surface area contributed by atoms with Crippen molar-refractivity contribution in [1.29, 1.82) is 0 Å². The lowest BCUT2D eigenvalue weighted by Crippen LogP contribution is -2.31. The zero-order valence-electron chi connectivity index (χ0n) is 14.3. The summed E-state index contributed by atoms with van der Waals surface area (Å²) in [5.41, 5.74) is 0.969. The number of hydrogen-bond donors (Lipinski definition) is 2. The van der Waals surface area contributed by atoms with Crippen molar-refractivity contribution >= 4 is 23.3 Å². The SMILES string of the molecule is CCC(CC)n1nccc1NC(=O)C1CC(=O)Nc2ccc(F)cc21. The molecule has 0 bridgehead atoms. The second-order valence-corrected chi connectivity index (χ2v) is 6.16. The summed E-state index contributed by atoms with van der Waals surface area (Å²) >= 11 is 0. The first kappa shape index (κ1) is 17.1. The van der Waals surface area contributed by atoms with Crippen LogP contribution in [0.4, 0.5) is 15.9 Å². The number of nitrogens with zero attached hydrogens (tertiary/aromatic N) is 2. The summed E-state index contributed by atoms with van der Waals surface area (Å²) in [6.45, 7) is 4.12. The number of amides is 2. The molecular formula is C18H21FN4O2. The van der Waals surface area contributed by atoms with E-state index < -0.39 is 11.7 Å². The lowest BCUT2D eigenvalue weighted by Gasteiger charge is -2.25. The Labute approximate surface area is 145 Å². The summed E-state index contributed by atoms with van der Waals surface area (Å²) in [4.78, 5) is 24.7.